The summed E-state index contributed by atoms with van der Waals surface area (Å²) in [5, 5.41) is 49.1. The molecule has 1 fully saturated rings. The molecule has 3 aliphatic rings. The Hall–Kier alpha value is -4.13. The Balaban J connectivity index is 1.61. The van der Waals surface area contributed by atoms with Gasteiger partial charge in [0.2, 0.25) is 5.78 Å². The average Bonchev–Trinajstić information content (AvgIpc) is 3.23. The van der Waals surface area contributed by atoms with E-state index in [0.717, 1.165) is 22.8 Å². The number of furan rings is 1. The fourth-order valence-electron chi connectivity index (χ4n) is 6.94. The molecule has 0 bridgehead atoms. The number of aryl methyl sites for hydroxylation is 2. The molecule has 0 aliphatic heterocycles. The molecule has 5 rings (SSSR count). The number of primary amides is 1. The lowest BCUT2D eigenvalue weighted by Gasteiger charge is -2.50. The van der Waals surface area contributed by atoms with Gasteiger partial charge in [0, 0.05) is 43.4 Å². The van der Waals surface area contributed by atoms with Gasteiger partial charge < -0.3 is 40.8 Å². The van der Waals surface area contributed by atoms with Gasteiger partial charge in [-0.15, -0.1) is 0 Å². The van der Waals surface area contributed by atoms with Crippen molar-refractivity contribution in [3.8, 4) is 5.75 Å². The van der Waals surface area contributed by atoms with E-state index in [0.29, 0.717) is 17.7 Å². The Bertz CT molecular complexity index is 1600. The van der Waals surface area contributed by atoms with Crippen molar-refractivity contribution in [2.75, 3.05) is 33.1 Å². The molecule has 1 heterocycles. The maximum Gasteiger partial charge on any atom is 0.255 e. The highest BCUT2D eigenvalue weighted by molar-refractivity contribution is 6.24. The molecule has 1 amide bonds. The number of aliphatic hydroxyl groups is 3. The van der Waals surface area contributed by atoms with Gasteiger partial charge in [0.25, 0.3) is 5.91 Å². The summed E-state index contributed by atoms with van der Waals surface area (Å²) in [4.78, 5) is 42.9. The van der Waals surface area contributed by atoms with E-state index in [2.05, 4.69) is 5.32 Å². The minimum Gasteiger partial charge on any atom is -0.508 e. The van der Waals surface area contributed by atoms with Crippen LogP contribution in [0.5, 0.6) is 5.75 Å². The molecule has 0 saturated heterocycles. The molecule has 4 unspecified atom stereocenters. The van der Waals surface area contributed by atoms with Crippen LogP contribution in [0.1, 0.15) is 40.2 Å². The fourth-order valence-corrected chi connectivity index (χ4v) is 6.94. The van der Waals surface area contributed by atoms with Crippen LogP contribution in [-0.2, 0) is 33.9 Å². The first kappa shape index (κ1) is 30.3. The first-order chi connectivity index (χ1) is 20.1. The SMILES string of the molecule is Cc1cc(CNCc2cc(N(C)C)c3c(c2O)C(O)=C2C(=O)C4(O)C(O)=C(C(N)=O)C(=O)C(N(C)C)C4CC2C3)oc1C. The van der Waals surface area contributed by atoms with Gasteiger partial charge >= 0.3 is 0 Å². The van der Waals surface area contributed by atoms with Crippen molar-refractivity contribution in [3.63, 3.8) is 0 Å². The van der Waals surface area contributed by atoms with Crippen LogP contribution < -0.4 is 16.0 Å². The van der Waals surface area contributed by atoms with Crippen LogP contribution in [-0.4, -0.2) is 82.6 Å². The van der Waals surface area contributed by atoms with Crippen LogP contribution >= 0.6 is 0 Å². The number of rotatable bonds is 7. The van der Waals surface area contributed by atoms with Gasteiger partial charge in [-0.3, -0.25) is 19.3 Å². The van der Waals surface area contributed by atoms with E-state index in [1.165, 1.54) is 4.90 Å². The summed E-state index contributed by atoms with van der Waals surface area (Å²) in [5.74, 6) is -5.16. The first-order valence-electron chi connectivity index (χ1n) is 14.1. The van der Waals surface area contributed by atoms with Crippen molar-refractivity contribution < 1.29 is 39.2 Å². The van der Waals surface area contributed by atoms with E-state index < -0.39 is 58.0 Å². The third-order valence-corrected chi connectivity index (χ3v) is 9.09. The van der Waals surface area contributed by atoms with Crippen LogP contribution in [0.4, 0.5) is 5.69 Å². The lowest BCUT2D eigenvalue weighted by atomic mass is 9.57. The van der Waals surface area contributed by atoms with Gasteiger partial charge in [-0.2, -0.15) is 0 Å². The number of likely N-dealkylation sites (N-methyl/N-ethyl adjacent to an activating group) is 1. The van der Waals surface area contributed by atoms with E-state index in [4.69, 9.17) is 10.2 Å². The average molecular weight is 595 g/mol. The number of amides is 1. The Kier molecular flexibility index (Phi) is 7.44. The zero-order valence-electron chi connectivity index (χ0n) is 25.1. The number of benzene rings is 1. The molecule has 4 atom stereocenters. The highest BCUT2D eigenvalue weighted by Crippen LogP contribution is 2.54. The summed E-state index contributed by atoms with van der Waals surface area (Å²) >= 11 is 0. The number of Topliss-reactive ketones (excluding diaryl/α,β-unsaturated/α-hetero) is 2. The van der Waals surface area contributed by atoms with Crippen molar-refractivity contribution in [1.29, 1.82) is 0 Å². The molecule has 7 N–H and O–H groups in total. The molecule has 3 aliphatic carbocycles. The summed E-state index contributed by atoms with van der Waals surface area (Å²) in [6.07, 6.45) is 0.249. The number of nitrogens with two attached hydrogens (primary N) is 1. The number of phenolic OH excluding ortho intramolecular Hbond substituents is 1. The van der Waals surface area contributed by atoms with E-state index >= 15 is 0 Å². The summed E-state index contributed by atoms with van der Waals surface area (Å²) in [7, 11) is 6.80. The first-order valence-corrected chi connectivity index (χ1v) is 14.1. The molecule has 1 saturated carbocycles. The minimum absolute atomic E-state index is 0.0324. The zero-order valence-corrected chi connectivity index (χ0v) is 25.1. The number of ketones is 2. The summed E-state index contributed by atoms with van der Waals surface area (Å²) in [5.41, 5.74) is 4.57. The van der Waals surface area contributed by atoms with Gasteiger partial charge in [0.1, 0.15) is 34.4 Å². The lowest BCUT2D eigenvalue weighted by molar-refractivity contribution is -0.153. The van der Waals surface area contributed by atoms with Crippen molar-refractivity contribution >= 4 is 28.9 Å². The van der Waals surface area contributed by atoms with E-state index in [1.807, 2.05) is 45.0 Å². The van der Waals surface area contributed by atoms with Crippen LogP contribution in [0.3, 0.4) is 0 Å². The number of hydrogen-bond acceptors (Lipinski definition) is 11. The Morgan fingerprint density at radius 2 is 1.79 bits per heavy atom. The molecule has 1 aromatic carbocycles. The summed E-state index contributed by atoms with van der Waals surface area (Å²) < 4.78 is 5.72. The predicted molar refractivity (Wildman–Crippen MR) is 157 cm³/mol. The van der Waals surface area contributed by atoms with E-state index in [1.54, 1.807) is 14.1 Å². The Morgan fingerprint density at radius 3 is 2.35 bits per heavy atom. The predicted octanol–water partition coefficient (Wildman–Crippen LogP) is 1.53. The molecule has 0 spiro atoms. The second-order valence-electron chi connectivity index (χ2n) is 12.2. The van der Waals surface area contributed by atoms with Crippen LogP contribution in [0.25, 0.3) is 5.76 Å². The number of carbonyl (C=O) groups excluding carboxylic acids is 3. The van der Waals surface area contributed by atoms with Crippen LogP contribution in [0.15, 0.2) is 33.5 Å². The minimum atomic E-state index is -2.68. The van der Waals surface area contributed by atoms with Crippen molar-refractivity contribution in [2.45, 2.75) is 51.4 Å². The molecular formula is C31H38N4O8. The standard InChI is InChI=1S/C31H38N4O8/c1-13-7-17(43-14(13)2)12-33-11-16-10-20(34(3)4)18-8-15-9-19-24(35(5)6)27(38)23(30(32)41)29(40)31(19,42)28(39)21(15)26(37)22(18)25(16)36/h7,10,15,19,24,33,36-37,40,42H,8-9,11-12H2,1-6H3,(H2,32,41). The quantitative estimate of drug-likeness (QED) is 0.255. The molecule has 12 nitrogen and oxygen atoms in total. The van der Waals surface area contributed by atoms with E-state index in [-0.39, 0.29) is 36.3 Å². The van der Waals surface area contributed by atoms with Gasteiger partial charge in [-0.1, -0.05) is 0 Å². The van der Waals surface area contributed by atoms with Crippen LogP contribution in [0, 0.1) is 25.7 Å². The normalized spacial score (nSPS) is 25.2. The third kappa shape index (κ3) is 4.52. The number of carbonyl (C=O) groups is 3. The zero-order chi connectivity index (χ0) is 31.7. The van der Waals surface area contributed by atoms with Crippen molar-refractivity contribution in [3.05, 3.63) is 62.8 Å². The number of nitrogens with one attached hydrogen (secondary N) is 1. The van der Waals surface area contributed by atoms with Crippen molar-refractivity contribution in [1.82, 2.24) is 10.2 Å². The van der Waals surface area contributed by atoms with Gasteiger partial charge in [-0.25, -0.2) is 0 Å². The summed E-state index contributed by atoms with van der Waals surface area (Å²) in [6, 6.07) is 2.62. The van der Waals surface area contributed by atoms with Crippen LogP contribution in [0.2, 0.25) is 0 Å². The third-order valence-electron chi connectivity index (χ3n) is 9.09. The van der Waals surface area contributed by atoms with Gasteiger partial charge in [0.15, 0.2) is 11.4 Å². The number of aliphatic hydroxyl groups excluding tert-OH is 2. The fraction of sp³-hybridized carbons (Fsp3) is 0.452. The Labute approximate surface area is 249 Å². The van der Waals surface area contributed by atoms with Gasteiger partial charge in [0.05, 0.1) is 18.2 Å². The second-order valence-corrected chi connectivity index (χ2v) is 12.2. The molecule has 1 aromatic heterocycles. The molecule has 2 aromatic rings. The Morgan fingerprint density at radius 1 is 1.12 bits per heavy atom. The monoisotopic (exact) mass is 594 g/mol. The molecule has 0 radical (unpaired) electrons. The summed E-state index contributed by atoms with van der Waals surface area (Å²) in [6.45, 7) is 4.43. The highest BCUT2D eigenvalue weighted by atomic mass is 16.4. The number of nitrogens with zero attached hydrogens (tertiary/aromatic N) is 2. The molecular weight excluding hydrogens is 556 g/mol. The highest BCUT2D eigenvalue weighted by Gasteiger charge is 2.64. The maximum absolute atomic E-state index is 14.1. The van der Waals surface area contributed by atoms with Crippen molar-refractivity contribution in [2.24, 2.45) is 17.6 Å². The lowest BCUT2D eigenvalue weighted by Crippen LogP contribution is -2.65. The smallest absolute Gasteiger partial charge is 0.255 e. The van der Waals surface area contributed by atoms with Gasteiger partial charge in [-0.05, 0) is 70.0 Å². The molecule has 12 heteroatoms. The molecule has 230 valence electrons. The second kappa shape index (κ2) is 10.5. The van der Waals surface area contributed by atoms with E-state index in [9.17, 15) is 34.8 Å². The topological polar surface area (TPSA) is 190 Å². The maximum atomic E-state index is 14.1. The number of phenols is 1. The largest absolute Gasteiger partial charge is 0.508 e. The number of fused-ring (bicyclic) bond motifs is 3. The number of hydrogen-bond donors (Lipinski definition) is 6. The number of anilines is 1. The number of aromatic hydroxyl groups is 1. The molecule has 43 heavy (non-hydrogen) atoms.